The molecule has 0 aliphatic rings. The van der Waals surface area contributed by atoms with Gasteiger partial charge in [-0.15, -0.1) is 0 Å². The largest absolute Gasteiger partial charge is 0.497 e. The molecule has 0 atom stereocenters. The minimum absolute atomic E-state index is 0.124. The number of fused-ring (bicyclic) bond motifs is 1. The van der Waals surface area contributed by atoms with Crippen LogP contribution in [0.25, 0.3) is 10.9 Å². The zero-order chi connectivity index (χ0) is 16.2. The molecule has 0 fully saturated rings. The van der Waals surface area contributed by atoms with Crippen molar-refractivity contribution in [1.82, 2.24) is 10.3 Å². The van der Waals surface area contributed by atoms with E-state index in [-0.39, 0.29) is 18.3 Å². The van der Waals surface area contributed by atoms with Crippen molar-refractivity contribution in [3.8, 4) is 5.75 Å². The highest BCUT2D eigenvalue weighted by molar-refractivity contribution is 6.06. The summed E-state index contributed by atoms with van der Waals surface area (Å²) in [7, 11) is 1.56. The van der Waals surface area contributed by atoms with Crippen molar-refractivity contribution in [1.29, 1.82) is 0 Å². The number of benzene rings is 2. The summed E-state index contributed by atoms with van der Waals surface area (Å²) in [5, 5.41) is 3.43. The molecule has 1 heterocycles. The average Bonchev–Trinajstić information content (AvgIpc) is 2.59. The highest BCUT2D eigenvalue weighted by Gasteiger charge is 2.12. The normalized spacial score (nSPS) is 10.5. The Hall–Kier alpha value is -2.95. The average molecular weight is 310 g/mol. The number of carbonyl (C=O) groups is 1. The lowest BCUT2D eigenvalue weighted by molar-refractivity contribution is 0.0952. The SMILES string of the molecule is COc1ccc2nccc(C(=O)NCc3ccccc3F)c2c1. The van der Waals surface area contributed by atoms with Crippen LogP contribution in [0.4, 0.5) is 4.39 Å². The Morgan fingerprint density at radius 2 is 2.04 bits per heavy atom. The van der Waals surface area contributed by atoms with Gasteiger partial charge in [0, 0.05) is 23.7 Å². The van der Waals surface area contributed by atoms with Crippen LogP contribution in [-0.2, 0) is 6.54 Å². The van der Waals surface area contributed by atoms with Crippen molar-refractivity contribution in [3.05, 3.63) is 71.7 Å². The lowest BCUT2D eigenvalue weighted by Crippen LogP contribution is -2.23. The lowest BCUT2D eigenvalue weighted by Gasteiger charge is -2.09. The van der Waals surface area contributed by atoms with Crippen molar-refractivity contribution >= 4 is 16.8 Å². The Labute approximate surface area is 132 Å². The Morgan fingerprint density at radius 3 is 2.83 bits per heavy atom. The second-order valence-corrected chi connectivity index (χ2v) is 5.02. The number of amides is 1. The number of nitrogens with one attached hydrogen (secondary N) is 1. The summed E-state index contributed by atoms with van der Waals surface area (Å²) in [5.74, 6) is 0.0246. The number of aromatic nitrogens is 1. The van der Waals surface area contributed by atoms with Gasteiger partial charge < -0.3 is 10.1 Å². The van der Waals surface area contributed by atoms with Crippen LogP contribution < -0.4 is 10.1 Å². The number of carbonyl (C=O) groups excluding carboxylic acids is 1. The third-order valence-corrected chi connectivity index (χ3v) is 3.59. The predicted octanol–water partition coefficient (Wildman–Crippen LogP) is 3.31. The Balaban J connectivity index is 1.87. The summed E-state index contributed by atoms with van der Waals surface area (Å²) in [6.45, 7) is 0.124. The molecule has 1 N–H and O–H groups in total. The van der Waals surface area contributed by atoms with Gasteiger partial charge in [-0.1, -0.05) is 18.2 Å². The molecule has 0 unspecified atom stereocenters. The van der Waals surface area contributed by atoms with Gasteiger partial charge in [-0.3, -0.25) is 9.78 Å². The Kier molecular flexibility index (Phi) is 4.19. The molecule has 0 radical (unpaired) electrons. The Morgan fingerprint density at radius 1 is 1.22 bits per heavy atom. The summed E-state index contributed by atoms with van der Waals surface area (Å²) in [5.41, 5.74) is 1.62. The van der Waals surface area contributed by atoms with E-state index >= 15 is 0 Å². The smallest absolute Gasteiger partial charge is 0.252 e. The van der Waals surface area contributed by atoms with Crippen LogP contribution in [0.15, 0.2) is 54.7 Å². The Bertz CT molecular complexity index is 865. The van der Waals surface area contributed by atoms with Crippen molar-refractivity contribution < 1.29 is 13.9 Å². The maximum atomic E-state index is 13.6. The highest BCUT2D eigenvalue weighted by Crippen LogP contribution is 2.22. The van der Waals surface area contributed by atoms with Gasteiger partial charge in [-0.2, -0.15) is 0 Å². The maximum absolute atomic E-state index is 13.6. The fraction of sp³-hybridized carbons (Fsp3) is 0.111. The molecule has 3 aromatic rings. The van der Waals surface area contributed by atoms with Crippen LogP contribution in [0, 0.1) is 5.82 Å². The quantitative estimate of drug-likeness (QED) is 0.804. The summed E-state index contributed by atoms with van der Waals surface area (Å²) in [4.78, 5) is 16.7. The molecule has 0 aliphatic heterocycles. The molecule has 2 aromatic carbocycles. The third kappa shape index (κ3) is 3.13. The minimum Gasteiger partial charge on any atom is -0.497 e. The first-order valence-corrected chi connectivity index (χ1v) is 7.13. The number of methoxy groups -OCH3 is 1. The number of nitrogens with zero attached hydrogens (tertiary/aromatic N) is 1. The van der Waals surface area contributed by atoms with E-state index in [0.717, 1.165) is 0 Å². The fourth-order valence-electron chi connectivity index (χ4n) is 2.36. The number of hydrogen-bond donors (Lipinski definition) is 1. The first-order chi connectivity index (χ1) is 11.2. The lowest BCUT2D eigenvalue weighted by atomic mass is 10.1. The van der Waals surface area contributed by atoms with Gasteiger partial charge in [0.1, 0.15) is 11.6 Å². The number of rotatable bonds is 4. The van der Waals surface area contributed by atoms with Crippen LogP contribution in [0.1, 0.15) is 15.9 Å². The molecule has 5 heteroatoms. The van der Waals surface area contributed by atoms with Crippen molar-refractivity contribution in [2.24, 2.45) is 0 Å². The van der Waals surface area contributed by atoms with E-state index in [0.29, 0.717) is 27.8 Å². The molecule has 1 aromatic heterocycles. The minimum atomic E-state index is -0.339. The van der Waals surface area contributed by atoms with E-state index in [4.69, 9.17) is 4.74 Å². The molecular weight excluding hydrogens is 295 g/mol. The van der Waals surface area contributed by atoms with Crippen LogP contribution in [-0.4, -0.2) is 18.0 Å². The van der Waals surface area contributed by atoms with Gasteiger partial charge in [0.2, 0.25) is 0 Å². The molecule has 0 saturated carbocycles. The van der Waals surface area contributed by atoms with Crippen molar-refractivity contribution in [2.45, 2.75) is 6.54 Å². The first kappa shape index (κ1) is 15.0. The summed E-state index contributed by atoms with van der Waals surface area (Å²) in [6.07, 6.45) is 1.58. The van der Waals surface area contributed by atoms with E-state index in [1.165, 1.54) is 6.07 Å². The van der Waals surface area contributed by atoms with Crippen molar-refractivity contribution in [2.75, 3.05) is 7.11 Å². The molecule has 0 spiro atoms. The van der Waals surface area contributed by atoms with Crippen LogP contribution in [0.5, 0.6) is 5.75 Å². The van der Waals surface area contributed by atoms with Crippen molar-refractivity contribution in [3.63, 3.8) is 0 Å². The summed E-state index contributed by atoms with van der Waals surface area (Å²) < 4.78 is 18.8. The molecule has 0 aliphatic carbocycles. The molecule has 0 bridgehead atoms. The van der Waals surface area contributed by atoms with Gasteiger partial charge in [-0.25, -0.2) is 4.39 Å². The van der Waals surface area contributed by atoms with Gasteiger partial charge >= 0.3 is 0 Å². The fourth-order valence-corrected chi connectivity index (χ4v) is 2.36. The second-order valence-electron chi connectivity index (χ2n) is 5.02. The second kappa shape index (κ2) is 6.44. The molecule has 116 valence electrons. The summed E-state index contributed by atoms with van der Waals surface area (Å²) in [6, 6.07) is 13.3. The van der Waals surface area contributed by atoms with E-state index in [9.17, 15) is 9.18 Å². The zero-order valence-corrected chi connectivity index (χ0v) is 12.5. The summed E-state index contributed by atoms with van der Waals surface area (Å²) >= 11 is 0. The van der Waals surface area contributed by atoms with E-state index < -0.39 is 0 Å². The maximum Gasteiger partial charge on any atom is 0.252 e. The number of halogens is 1. The standard InChI is InChI=1S/C18H15FN2O2/c1-23-13-6-7-17-15(10-13)14(8-9-20-17)18(22)21-11-12-4-2-3-5-16(12)19/h2-10H,11H2,1H3,(H,21,22). The van der Waals surface area contributed by atoms with Crippen LogP contribution in [0.2, 0.25) is 0 Å². The van der Waals surface area contributed by atoms with Gasteiger partial charge in [0.15, 0.2) is 0 Å². The number of hydrogen-bond acceptors (Lipinski definition) is 3. The highest BCUT2D eigenvalue weighted by atomic mass is 19.1. The van der Waals surface area contributed by atoms with Crippen LogP contribution >= 0.6 is 0 Å². The van der Waals surface area contributed by atoms with E-state index in [1.807, 2.05) is 0 Å². The first-order valence-electron chi connectivity index (χ1n) is 7.13. The number of pyridine rings is 1. The third-order valence-electron chi connectivity index (χ3n) is 3.59. The predicted molar refractivity (Wildman–Crippen MR) is 85.9 cm³/mol. The van der Waals surface area contributed by atoms with Gasteiger partial charge in [-0.05, 0) is 30.3 Å². The van der Waals surface area contributed by atoms with Crippen LogP contribution in [0.3, 0.4) is 0 Å². The molecular formula is C18H15FN2O2. The van der Waals surface area contributed by atoms with Gasteiger partial charge in [0.05, 0.1) is 18.2 Å². The molecule has 1 amide bonds. The molecule has 0 saturated heterocycles. The van der Waals surface area contributed by atoms with E-state index in [1.54, 1.807) is 55.8 Å². The van der Waals surface area contributed by atoms with Gasteiger partial charge in [0.25, 0.3) is 5.91 Å². The molecule has 4 nitrogen and oxygen atoms in total. The number of ether oxygens (including phenoxy) is 1. The zero-order valence-electron chi connectivity index (χ0n) is 12.5. The monoisotopic (exact) mass is 310 g/mol. The topological polar surface area (TPSA) is 51.2 Å². The molecule has 23 heavy (non-hydrogen) atoms. The molecule has 3 rings (SSSR count). The van der Waals surface area contributed by atoms with E-state index in [2.05, 4.69) is 10.3 Å².